The average molecular weight is 324 g/mol. The van der Waals surface area contributed by atoms with Crippen molar-refractivity contribution >= 4 is 5.78 Å². The van der Waals surface area contributed by atoms with Gasteiger partial charge in [-0.3, -0.25) is 4.79 Å². The fourth-order valence-corrected chi connectivity index (χ4v) is 3.05. The van der Waals surface area contributed by atoms with E-state index in [2.05, 4.69) is 31.2 Å². The molecule has 24 heavy (non-hydrogen) atoms. The SMILES string of the molecule is CC(CC1OCC(CCC(=O)c2ccccc2)O1)c1ccccc1. The first-order chi connectivity index (χ1) is 11.7. The lowest BCUT2D eigenvalue weighted by molar-refractivity contribution is -0.0660. The van der Waals surface area contributed by atoms with Gasteiger partial charge in [0.1, 0.15) is 0 Å². The first-order valence-electron chi connectivity index (χ1n) is 8.62. The van der Waals surface area contributed by atoms with E-state index in [1.165, 1.54) is 5.56 Å². The van der Waals surface area contributed by atoms with Crippen LogP contribution in [0.4, 0.5) is 0 Å². The lowest BCUT2D eigenvalue weighted by Crippen LogP contribution is -2.15. The number of rotatable bonds is 7. The second-order valence-electron chi connectivity index (χ2n) is 6.40. The first-order valence-corrected chi connectivity index (χ1v) is 8.62. The van der Waals surface area contributed by atoms with Gasteiger partial charge in [0.2, 0.25) is 0 Å². The van der Waals surface area contributed by atoms with Crippen LogP contribution in [0.3, 0.4) is 0 Å². The molecule has 0 aliphatic carbocycles. The highest BCUT2D eigenvalue weighted by Crippen LogP contribution is 2.27. The summed E-state index contributed by atoms with van der Waals surface area (Å²) in [5.41, 5.74) is 2.07. The summed E-state index contributed by atoms with van der Waals surface area (Å²) < 4.78 is 11.7. The van der Waals surface area contributed by atoms with Gasteiger partial charge in [0.05, 0.1) is 12.7 Å². The van der Waals surface area contributed by atoms with Crippen molar-refractivity contribution in [3.63, 3.8) is 0 Å². The van der Waals surface area contributed by atoms with Crippen LogP contribution in [0.1, 0.15) is 48.0 Å². The quantitative estimate of drug-likeness (QED) is 0.699. The standard InChI is InChI=1S/C21H24O3/c1-16(17-8-4-2-5-9-17)14-21-23-15-19(24-21)12-13-20(22)18-10-6-3-7-11-18/h2-11,16,19,21H,12-15H2,1H3. The fourth-order valence-electron chi connectivity index (χ4n) is 3.05. The van der Waals surface area contributed by atoms with E-state index < -0.39 is 0 Å². The molecule has 3 rings (SSSR count). The Bertz CT molecular complexity index is 639. The Kier molecular flexibility index (Phi) is 5.78. The number of ether oxygens (including phenoxy) is 2. The van der Waals surface area contributed by atoms with Crippen LogP contribution in [-0.4, -0.2) is 24.8 Å². The van der Waals surface area contributed by atoms with E-state index in [0.717, 1.165) is 12.0 Å². The summed E-state index contributed by atoms with van der Waals surface area (Å²) in [5.74, 6) is 0.557. The van der Waals surface area contributed by atoms with E-state index in [0.29, 0.717) is 25.4 Å². The van der Waals surface area contributed by atoms with E-state index in [4.69, 9.17) is 9.47 Å². The van der Waals surface area contributed by atoms with Gasteiger partial charge in [0, 0.05) is 18.4 Å². The van der Waals surface area contributed by atoms with Crippen LogP contribution >= 0.6 is 0 Å². The minimum Gasteiger partial charge on any atom is -0.350 e. The normalized spacial score (nSPS) is 21.5. The molecule has 1 aliphatic rings. The lowest BCUT2D eigenvalue weighted by atomic mass is 9.98. The van der Waals surface area contributed by atoms with E-state index in [1.54, 1.807) is 0 Å². The maximum absolute atomic E-state index is 12.1. The summed E-state index contributed by atoms with van der Waals surface area (Å²) in [6, 6.07) is 19.8. The highest BCUT2D eigenvalue weighted by Gasteiger charge is 2.28. The molecule has 1 saturated heterocycles. The summed E-state index contributed by atoms with van der Waals surface area (Å²) in [6.07, 6.45) is 1.90. The van der Waals surface area contributed by atoms with Gasteiger partial charge in [-0.2, -0.15) is 0 Å². The molecule has 1 heterocycles. The molecule has 3 heteroatoms. The molecule has 3 unspecified atom stereocenters. The van der Waals surface area contributed by atoms with Crippen LogP contribution in [0, 0.1) is 0 Å². The molecule has 1 aliphatic heterocycles. The summed E-state index contributed by atoms with van der Waals surface area (Å²) in [5, 5.41) is 0. The monoisotopic (exact) mass is 324 g/mol. The van der Waals surface area contributed by atoms with Crippen LogP contribution in [0.2, 0.25) is 0 Å². The van der Waals surface area contributed by atoms with Crippen LogP contribution in [0.25, 0.3) is 0 Å². The maximum Gasteiger partial charge on any atom is 0.162 e. The topological polar surface area (TPSA) is 35.5 Å². The third-order valence-corrected chi connectivity index (χ3v) is 4.52. The Morgan fingerprint density at radius 3 is 2.46 bits per heavy atom. The van der Waals surface area contributed by atoms with Gasteiger partial charge in [-0.05, 0) is 17.9 Å². The number of carbonyl (C=O) groups excluding carboxylic acids is 1. The number of carbonyl (C=O) groups is 1. The van der Waals surface area contributed by atoms with Gasteiger partial charge in [0.15, 0.2) is 12.1 Å². The number of Topliss-reactive ketones (excluding diaryl/α,β-unsaturated/α-hetero) is 1. The predicted octanol–water partition coefficient (Wildman–Crippen LogP) is 4.58. The molecule has 0 saturated carbocycles. The minimum absolute atomic E-state index is 0.0191. The predicted molar refractivity (Wildman–Crippen MR) is 94.1 cm³/mol. The van der Waals surface area contributed by atoms with Crippen molar-refractivity contribution in [2.24, 2.45) is 0 Å². The number of ketones is 1. The Morgan fingerprint density at radius 1 is 1.08 bits per heavy atom. The van der Waals surface area contributed by atoms with E-state index >= 15 is 0 Å². The van der Waals surface area contributed by atoms with Crippen molar-refractivity contribution in [2.75, 3.05) is 6.61 Å². The van der Waals surface area contributed by atoms with Crippen LogP contribution < -0.4 is 0 Å². The zero-order chi connectivity index (χ0) is 16.8. The van der Waals surface area contributed by atoms with Gasteiger partial charge >= 0.3 is 0 Å². The highest BCUT2D eigenvalue weighted by molar-refractivity contribution is 5.95. The molecule has 0 bridgehead atoms. The second-order valence-corrected chi connectivity index (χ2v) is 6.40. The van der Waals surface area contributed by atoms with Crippen molar-refractivity contribution in [3.8, 4) is 0 Å². The van der Waals surface area contributed by atoms with E-state index in [1.807, 2.05) is 36.4 Å². The Morgan fingerprint density at radius 2 is 1.75 bits per heavy atom. The van der Waals surface area contributed by atoms with Crippen molar-refractivity contribution < 1.29 is 14.3 Å². The lowest BCUT2D eigenvalue weighted by Gasteiger charge is -2.16. The highest BCUT2D eigenvalue weighted by atomic mass is 16.7. The van der Waals surface area contributed by atoms with Crippen molar-refractivity contribution in [1.29, 1.82) is 0 Å². The third-order valence-electron chi connectivity index (χ3n) is 4.52. The smallest absolute Gasteiger partial charge is 0.162 e. The van der Waals surface area contributed by atoms with Gasteiger partial charge in [0.25, 0.3) is 0 Å². The third kappa shape index (κ3) is 4.53. The molecule has 0 amide bonds. The molecule has 1 fully saturated rings. The summed E-state index contributed by atoms with van der Waals surface area (Å²) in [7, 11) is 0. The molecule has 126 valence electrons. The molecule has 2 aromatic rings. The summed E-state index contributed by atoms with van der Waals surface area (Å²) in [6.45, 7) is 2.77. The van der Waals surface area contributed by atoms with Crippen molar-refractivity contribution in [3.05, 3.63) is 71.8 Å². The van der Waals surface area contributed by atoms with Crippen LogP contribution in [-0.2, 0) is 9.47 Å². The zero-order valence-electron chi connectivity index (χ0n) is 14.1. The Balaban J connectivity index is 1.43. The molecule has 2 aromatic carbocycles. The molecular formula is C21H24O3. The summed E-state index contributed by atoms with van der Waals surface area (Å²) in [4.78, 5) is 12.1. The maximum atomic E-state index is 12.1. The minimum atomic E-state index is -0.169. The van der Waals surface area contributed by atoms with Crippen LogP contribution in [0.15, 0.2) is 60.7 Å². The Labute approximate surface area is 143 Å². The first kappa shape index (κ1) is 16.9. The van der Waals surface area contributed by atoms with Gasteiger partial charge in [-0.1, -0.05) is 67.6 Å². The van der Waals surface area contributed by atoms with Crippen molar-refractivity contribution in [1.82, 2.24) is 0 Å². The zero-order valence-corrected chi connectivity index (χ0v) is 14.1. The van der Waals surface area contributed by atoms with Gasteiger partial charge in [-0.15, -0.1) is 0 Å². The van der Waals surface area contributed by atoms with Gasteiger partial charge in [-0.25, -0.2) is 0 Å². The van der Waals surface area contributed by atoms with E-state index in [9.17, 15) is 4.79 Å². The summed E-state index contributed by atoms with van der Waals surface area (Å²) >= 11 is 0. The molecule has 0 radical (unpaired) electrons. The molecule has 3 nitrogen and oxygen atoms in total. The molecule has 3 atom stereocenters. The number of benzene rings is 2. The van der Waals surface area contributed by atoms with Crippen molar-refractivity contribution in [2.45, 2.75) is 44.5 Å². The van der Waals surface area contributed by atoms with E-state index in [-0.39, 0.29) is 18.2 Å². The second kappa shape index (κ2) is 8.22. The average Bonchev–Trinajstić information content (AvgIpc) is 3.08. The molecule has 0 N–H and O–H groups in total. The Hall–Kier alpha value is -1.97. The van der Waals surface area contributed by atoms with Crippen LogP contribution in [0.5, 0.6) is 0 Å². The number of hydrogen-bond acceptors (Lipinski definition) is 3. The molecule has 0 spiro atoms. The van der Waals surface area contributed by atoms with Gasteiger partial charge < -0.3 is 9.47 Å². The fraction of sp³-hybridized carbons (Fsp3) is 0.381. The molecular weight excluding hydrogens is 300 g/mol. The molecule has 0 aromatic heterocycles. The number of hydrogen-bond donors (Lipinski definition) is 0. The largest absolute Gasteiger partial charge is 0.350 e.